The van der Waals surface area contributed by atoms with Crippen LogP contribution in [-0.4, -0.2) is 50.6 Å². The highest BCUT2D eigenvalue weighted by Gasteiger charge is 2.17. The summed E-state index contributed by atoms with van der Waals surface area (Å²) < 4.78 is 10.6. The Morgan fingerprint density at radius 3 is 2.20 bits per heavy atom. The van der Waals surface area contributed by atoms with E-state index in [0.29, 0.717) is 11.3 Å². The third-order valence-electron chi connectivity index (χ3n) is 6.08. The Morgan fingerprint density at radius 1 is 0.914 bits per heavy atom. The number of allylic oxidation sites excluding steroid dienone is 1. The molecule has 5 nitrogen and oxygen atoms in total. The molecule has 178 valence electrons. The second-order valence-electron chi connectivity index (χ2n) is 8.42. The van der Waals surface area contributed by atoms with Gasteiger partial charge in [-0.05, 0) is 65.7 Å². The van der Waals surface area contributed by atoms with Crippen LogP contribution in [-0.2, 0) is 6.54 Å². The van der Waals surface area contributed by atoms with E-state index in [0.717, 1.165) is 49.7 Å². The molecule has 1 heterocycles. The van der Waals surface area contributed by atoms with Crippen LogP contribution >= 0.6 is 0 Å². The van der Waals surface area contributed by atoms with Crippen LogP contribution in [0.25, 0.3) is 6.08 Å². The number of rotatable bonds is 9. The quantitative estimate of drug-likeness (QED) is 0.254. The summed E-state index contributed by atoms with van der Waals surface area (Å²) in [6.07, 6.45) is 8.61. The van der Waals surface area contributed by atoms with Gasteiger partial charge in [0.1, 0.15) is 18.1 Å². The Balaban J connectivity index is 1.27. The first-order valence-corrected chi connectivity index (χ1v) is 11.7. The van der Waals surface area contributed by atoms with Crippen molar-refractivity contribution in [3.8, 4) is 23.8 Å². The summed E-state index contributed by atoms with van der Waals surface area (Å²) in [7, 11) is 1.69. The fourth-order valence-corrected chi connectivity index (χ4v) is 4.06. The lowest BCUT2D eigenvalue weighted by Gasteiger charge is -2.36. The third-order valence-corrected chi connectivity index (χ3v) is 6.08. The van der Waals surface area contributed by atoms with Crippen molar-refractivity contribution in [3.63, 3.8) is 0 Å². The first-order valence-electron chi connectivity index (χ1n) is 11.7. The molecule has 1 aliphatic heterocycles. The zero-order chi connectivity index (χ0) is 24.5. The monoisotopic (exact) mass is 466 g/mol. The lowest BCUT2D eigenvalue weighted by molar-refractivity contribution is 0.104. The fraction of sp³-hybridized carbons (Fsp3) is 0.233. The minimum absolute atomic E-state index is 0.0199. The highest BCUT2D eigenvalue weighted by molar-refractivity contribution is 6.07. The number of nitrogens with zero attached hydrogens (tertiary/aromatic N) is 2. The van der Waals surface area contributed by atoms with Crippen LogP contribution in [0.15, 0.2) is 78.9 Å². The number of ether oxygens (including phenoxy) is 2. The summed E-state index contributed by atoms with van der Waals surface area (Å²) in [4.78, 5) is 17.4. The van der Waals surface area contributed by atoms with Gasteiger partial charge in [-0.2, -0.15) is 0 Å². The molecule has 0 amide bonds. The van der Waals surface area contributed by atoms with Gasteiger partial charge in [0.05, 0.1) is 7.11 Å². The number of carbonyl (C=O) groups excluding carboxylic acids is 1. The number of hydrogen-bond acceptors (Lipinski definition) is 5. The predicted octanol–water partition coefficient (Wildman–Crippen LogP) is 4.93. The Hall–Kier alpha value is -4.01. The number of carbonyl (C=O) groups is 1. The molecule has 1 aliphatic rings. The first kappa shape index (κ1) is 24.1. The Bertz CT molecular complexity index is 1170. The average Bonchev–Trinajstić information content (AvgIpc) is 2.92. The van der Waals surface area contributed by atoms with Crippen LogP contribution in [0.1, 0.15) is 21.5 Å². The van der Waals surface area contributed by atoms with Gasteiger partial charge in [0.25, 0.3) is 0 Å². The summed E-state index contributed by atoms with van der Waals surface area (Å²) in [6, 6.07) is 23.6. The second-order valence-corrected chi connectivity index (χ2v) is 8.42. The highest BCUT2D eigenvalue weighted by Crippen LogP contribution is 2.20. The van der Waals surface area contributed by atoms with Gasteiger partial charge >= 0.3 is 0 Å². The number of terminal acetylenes is 1. The number of benzene rings is 3. The van der Waals surface area contributed by atoms with Gasteiger partial charge < -0.3 is 14.4 Å². The second kappa shape index (κ2) is 11.9. The Labute approximate surface area is 207 Å². The van der Waals surface area contributed by atoms with E-state index in [2.05, 4.69) is 27.9 Å². The number of piperazine rings is 1. The van der Waals surface area contributed by atoms with Crippen LogP contribution in [0.3, 0.4) is 0 Å². The molecular weight excluding hydrogens is 436 g/mol. The van der Waals surface area contributed by atoms with E-state index in [9.17, 15) is 4.79 Å². The molecule has 0 bridgehead atoms. The molecule has 0 atom stereocenters. The standard InChI is InChI=1S/C30H30N2O3/c1-3-22-35-29-15-4-24(5-16-29)8-17-30(33)26-9-11-27(12-10-26)32-20-18-31(19-21-32)23-25-6-13-28(34-2)14-7-25/h1,4-17H,18-23H2,2H3. The van der Waals surface area contributed by atoms with Crippen molar-refractivity contribution in [2.24, 2.45) is 0 Å². The van der Waals surface area contributed by atoms with E-state index in [1.165, 1.54) is 5.56 Å². The molecule has 4 rings (SSSR count). The Kier molecular flexibility index (Phi) is 8.21. The maximum atomic E-state index is 12.6. The van der Waals surface area contributed by atoms with Crippen LogP contribution in [0, 0.1) is 12.3 Å². The van der Waals surface area contributed by atoms with Crippen molar-refractivity contribution in [2.75, 3.05) is 44.8 Å². The van der Waals surface area contributed by atoms with Crippen molar-refractivity contribution >= 4 is 17.5 Å². The Morgan fingerprint density at radius 2 is 1.57 bits per heavy atom. The lowest BCUT2D eigenvalue weighted by Crippen LogP contribution is -2.45. The van der Waals surface area contributed by atoms with Gasteiger partial charge in [0, 0.05) is 44.0 Å². The van der Waals surface area contributed by atoms with E-state index in [1.807, 2.05) is 66.7 Å². The topological polar surface area (TPSA) is 42.0 Å². The zero-order valence-electron chi connectivity index (χ0n) is 20.0. The van der Waals surface area contributed by atoms with Crippen LogP contribution in [0.4, 0.5) is 5.69 Å². The smallest absolute Gasteiger partial charge is 0.185 e. The van der Waals surface area contributed by atoms with Gasteiger partial charge in [-0.25, -0.2) is 0 Å². The molecule has 0 N–H and O–H groups in total. The minimum Gasteiger partial charge on any atom is -0.497 e. The minimum atomic E-state index is -0.0199. The van der Waals surface area contributed by atoms with E-state index >= 15 is 0 Å². The van der Waals surface area contributed by atoms with Crippen molar-refractivity contribution in [1.82, 2.24) is 4.90 Å². The molecular formula is C30H30N2O3. The normalized spacial score (nSPS) is 14.0. The number of ketones is 1. The summed E-state index contributed by atoms with van der Waals surface area (Å²) in [5.74, 6) is 4.02. The van der Waals surface area contributed by atoms with Crippen molar-refractivity contribution in [2.45, 2.75) is 6.54 Å². The van der Waals surface area contributed by atoms with Gasteiger partial charge in [-0.15, -0.1) is 6.42 Å². The molecule has 0 aliphatic carbocycles. The molecule has 0 spiro atoms. The maximum Gasteiger partial charge on any atom is 0.185 e. The SMILES string of the molecule is C#CCOc1ccc(C=CC(=O)c2ccc(N3CCN(Cc4ccc(OC)cc4)CC3)cc2)cc1. The summed E-state index contributed by atoms with van der Waals surface area (Å²) in [5.41, 5.74) is 4.05. The first-order chi connectivity index (χ1) is 17.1. The van der Waals surface area contributed by atoms with Gasteiger partial charge in [0.15, 0.2) is 5.78 Å². The number of hydrogen-bond donors (Lipinski definition) is 0. The maximum absolute atomic E-state index is 12.6. The van der Waals surface area contributed by atoms with Gasteiger partial charge in [-0.1, -0.05) is 36.3 Å². The molecule has 1 saturated heterocycles. The van der Waals surface area contributed by atoms with E-state index in [-0.39, 0.29) is 12.4 Å². The zero-order valence-corrected chi connectivity index (χ0v) is 20.0. The number of methoxy groups -OCH3 is 1. The molecule has 0 unspecified atom stereocenters. The van der Waals surface area contributed by atoms with Gasteiger partial charge in [0.2, 0.25) is 0 Å². The predicted molar refractivity (Wildman–Crippen MR) is 141 cm³/mol. The third kappa shape index (κ3) is 6.75. The lowest BCUT2D eigenvalue weighted by atomic mass is 10.1. The number of anilines is 1. The molecule has 35 heavy (non-hydrogen) atoms. The van der Waals surface area contributed by atoms with Gasteiger partial charge in [-0.3, -0.25) is 9.69 Å². The summed E-state index contributed by atoms with van der Waals surface area (Å²) in [6.45, 7) is 5.11. The molecule has 0 aromatic heterocycles. The molecule has 1 fully saturated rings. The van der Waals surface area contributed by atoms with Crippen LogP contribution in [0.2, 0.25) is 0 Å². The molecule has 3 aromatic carbocycles. The average molecular weight is 467 g/mol. The van der Waals surface area contributed by atoms with Crippen molar-refractivity contribution in [1.29, 1.82) is 0 Å². The van der Waals surface area contributed by atoms with Crippen molar-refractivity contribution < 1.29 is 14.3 Å². The van der Waals surface area contributed by atoms with Crippen LogP contribution in [0.5, 0.6) is 11.5 Å². The van der Waals surface area contributed by atoms with E-state index in [1.54, 1.807) is 13.2 Å². The van der Waals surface area contributed by atoms with E-state index < -0.39 is 0 Å². The van der Waals surface area contributed by atoms with Crippen LogP contribution < -0.4 is 14.4 Å². The fourth-order valence-electron chi connectivity index (χ4n) is 4.06. The largest absolute Gasteiger partial charge is 0.497 e. The van der Waals surface area contributed by atoms with E-state index in [4.69, 9.17) is 15.9 Å². The summed E-state index contributed by atoms with van der Waals surface area (Å²) in [5, 5.41) is 0. The highest BCUT2D eigenvalue weighted by atomic mass is 16.5. The molecule has 0 saturated carbocycles. The molecule has 5 heteroatoms. The molecule has 3 aromatic rings. The summed E-state index contributed by atoms with van der Waals surface area (Å²) >= 11 is 0. The molecule has 0 radical (unpaired) electrons. The van der Waals surface area contributed by atoms with Crippen molar-refractivity contribution in [3.05, 3.63) is 95.6 Å².